The molecule has 0 bridgehead atoms. The van der Waals surface area contributed by atoms with E-state index in [4.69, 9.17) is 4.74 Å². The van der Waals surface area contributed by atoms with Crippen LogP contribution in [0.15, 0.2) is 24.3 Å². The summed E-state index contributed by atoms with van der Waals surface area (Å²) in [5, 5.41) is 3.04. The second-order valence-corrected chi connectivity index (χ2v) is 6.86. The summed E-state index contributed by atoms with van der Waals surface area (Å²) in [6.07, 6.45) is 4.54. The molecule has 130 valence electrons. The smallest absolute Gasteiger partial charge is 0.227 e. The maximum absolute atomic E-state index is 12.6. The molecule has 1 aromatic carbocycles. The number of likely N-dealkylation sites (tertiary alicyclic amines) is 1. The molecule has 1 aromatic rings. The van der Waals surface area contributed by atoms with Crippen LogP contribution in [0.2, 0.25) is 0 Å². The van der Waals surface area contributed by atoms with Crippen molar-refractivity contribution in [2.45, 2.75) is 32.1 Å². The monoisotopic (exact) mass is 330 g/mol. The summed E-state index contributed by atoms with van der Waals surface area (Å²) in [5.74, 6) is 1.53. The van der Waals surface area contributed by atoms with Crippen molar-refractivity contribution in [3.05, 3.63) is 29.8 Å². The molecule has 1 aliphatic carbocycles. The number of piperidine rings is 1. The first-order valence-electron chi connectivity index (χ1n) is 8.84. The molecule has 0 radical (unpaired) electrons. The van der Waals surface area contributed by atoms with E-state index in [1.165, 1.54) is 12.8 Å². The van der Waals surface area contributed by atoms with E-state index in [2.05, 4.69) is 5.32 Å². The van der Waals surface area contributed by atoms with E-state index in [0.29, 0.717) is 18.9 Å². The summed E-state index contributed by atoms with van der Waals surface area (Å²) in [4.78, 5) is 26.7. The number of carbonyl (C=O) groups is 2. The zero-order chi connectivity index (χ0) is 16.9. The SMILES string of the molecule is COc1ccccc1CC(=O)N1CCC[C@H](C(=O)NCC2CC2)C1. The Morgan fingerprint density at radius 3 is 2.79 bits per heavy atom. The first-order valence-corrected chi connectivity index (χ1v) is 8.84. The van der Waals surface area contributed by atoms with Crippen molar-refractivity contribution in [2.24, 2.45) is 11.8 Å². The number of ether oxygens (including phenoxy) is 1. The summed E-state index contributed by atoms with van der Waals surface area (Å²) in [7, 11) is 1.62. The lowest BCUT2D eigenvalue weighted by Gasteiger charge is -2.32. The molecule has 1 aliphatic heterocycles. The van der Waals surface area contributed by atoms with Crippen molar-refractivity contribution in [1.29, 1.82) is 0 Å². The zero-order valence-electron chi connectivity index (χ0n) is 14.3. The molecule has 2 amide bonds. The predicted molar refractivity (Wildman–Crippen MR) is 91.7 cm³/mol. The van der Waals surface area contributed by atoms with Crippen LogP contribution in [0.5, 0.6) is 5.75 Å². The molecule has 5 nitrogen and oxygen atoms in total. The van der Waals surface area contributed by atoms with Crippen LogP contribution in [0.1, 0.15) is 31.2 Å². The number of hydrogen-bond donors (Lipinski definition) is 1. The number of para-hydroxylation sites is 1. The van der Waals surface area contributed by atoms with E-state index in [0.717, 1.165) is 37.2 Å². The lowest BCUT2D eigenvalue weighted by molar-refractivity contribution is -0.135. The molecule has 24 heavy (non-hydrogen) atoms. The number of nitrogens with one attached hydrogen (secondary N) is 1. The van der Waals surface area contributed by atoms with Crippen LogP contribution >= 0.6 is 0 Å². The van der Waals surface area contributed by atoms with Crippen molar-refractivity contribution < 1.29 is 14.3 Å². The summed E-state index contributed by atoms with van der Waals surface area (Å²) in [5.41, 5.74) is 0.894. The van der Waals surface area contributed by atoms with Gasteiger partial charge in [-0.15, -0.1) is 0 Å². The first-order chi connectivity index (χ1) is 11.7. The average molecular weight is 330 g/mol. The predicted octanol–water partition coefficient (Wildman–Crippen LogP) is 2.00. The molecule has 3 rings (SSSR count). The normalized spacial score (nSPS) is 20.5. The fourth-order valence-electron chi connectivity index (χ4n) is 3.25. The largest absolute Gasteiger partial charge is 0.496 e. The topological polar surface area (TPSA) is 58.6 Å². The average Bonchev–Trinajstić information content (AvgIpc) is 3.44. The van der Waals surface area contributed by atoms with Crippen LogP contribution in [0.4, 0.5) is 0 Å². The highest BCUT2D eigenvalue weighted by Gasteiger charge is 2.30. The van der Waals surface area contributed by atoms with Gasteiger partial charge in [-0.1, -0.05) is 18.2 Å². The number of benzene rings is 1. The Kier molecular flexibility index (Phi) is 5.38. The van der Waals surface area contributed by atoms with E-state index in [-0.39, 0.29) is 17.7 Å². The molecule has 0 spiro atoms. The highest BCUT2D eigenvalue weighted by Crippen LogP contribution is 2.28. The summed E-state index contributed by atoms with van der Waals surface area (Å²) in [6, 6.07) is 7.59. The number of nitrogens with zero attached hydrogens (tertiary/aromatic N) is 1. The number of rotatable bonds is 6. The molecule has 1 saturated heterocycles. The van der Waals surface area contributed by atoms with Gasteiger partial charge in [-0.2, -0.15) is 0 Å². The second-order valence-electron chi connectivity index (χ2n) is 6.86. The highest BCUT2D eigenvalue weighted by atomic mass is 16.5. The van der Waals surface area contributed by atoms with E-state index >= 15 is 0 Å². The number of amides is 2. The summed E-state index contributed by atoms with van der Waals surface area (Å²) in [6.45, 7) is 2.06. The molecular weight excluding hydrogens is 304 g/mol. The van der Waals surface area contributed by atoms with Crippen LogP contribution in [0.25, 0.3) is 0 Å². The minimum absolute atomic E-state index is 0.0687. The van der Waals surface area contributed by atoms with Crippen molar-refractivity contribution in [1.82, 2.24) is 10.2 Å². The quantitative estimate of drug-likeness (QED) is 0.868. The third-order valence-corrected chi connectivity index (χ3v) is 4.94. The molecule has 1 saturated carbocycles. The molecule has 1 atom stereocenters. The Hall–Kier alpha value is -2.04. The minimum atomic E-state index is -0.0703. The van der Waals surface area contributed by atoms with Crippen molar-refractivity contribution in [2.75, 3.05) is 26.7 Å². The molecule has 2 fully saturated rings. The Labute approximate surface area is 143 Å². The first kappa shape index (κ1) is 16.8. The van der Waals surface area contributed by atoms with Crippen molar-refractivity contribution in [3.63, 3.8) is 0 Å². The van der Waals surface area contributed by atoms with E-state index in [9.17, 15) is 9.59 Å². The molecule has 0 unspecified atom stereocenters. The number of hydrogen-bond acceptors (Lipinski definition) is 3. The fraction of sp³-hybridized carbons (Fsp3) is 0.579. The maximum atomic E-state index is 12.6. The van der Waals surface area contributed by atoms with Crippen LogP contribution in [0.3, 0.4) is 0 Å². The Morgan fingerprint density at radius 1 is 1.25 bits per heavy atom. The van der Waals surface area contributed by atoms with E-state index in [1.807, 2.05) is 29.2 Å². The molecule has 1 heterocycles. The standard InChI is InChI=1S/C19H26N2O3/c1-24-17-7-3-2-5-15(17)11-18(22)21-10-4-6-16(13-21)19(23)20-12-14-8-9-14/h2-3,5,7,14,16H,4,6,8-13H2,1H3,(H,20,23)/t16-/m0/s1. The van der Waals surface area contributed by atoms with E-state index < -0.39 is 0 Å². The zero-order valence-corrected chi connectivity index (χ0v) is 14.3. The van der Waals surface area contributed by atoms with Gasteiger partial charge in [-0.3, -0.25) is 9.59 Å². The molecule has 2 aliphatic rings. The summed E-state index contributed by atoms with van der Waals surface area (Å²) >= 11 is 0. The molecular formula is C19H26N2O3. The van der Waals surface area contributed by atoms with Gasteiger partial charge in [-0.05, 0) is 37.7 Å². The van der Waals surface area contributed by atoms with Crippen LogP contribution < -0.4 is 10.1 Å². The number of carbonyl (C=O) groups excluding carboxylic acids is 2. The van der Waals surface area contributed by atoms with Gasteiger partial charge in [0.2, 0.25) is 11.8 Å². The van der Waals surface area contributed by atoms with Gasteiger partial charge in [0.1, 0.15) is 5.75 Å². The third kappa shape index (κ3) is 4.28. The Balaban J connectivity index is 1.55. The van der Waals surface area contributed by atoms with E-state index in [1.54, 1.807) is 7.11 Å². The molecule has 0 aromatic heterocycles. The lowest BCUT2D eigenvalue weighted by Crippen LogP contribution is -2.46. The van der Waals surface area contributed by atoms with Gasteiger partial charge >= 0.3 is 0 Å². The Morgan fingerprint density at radius 2 is 2.04 bits per heavy atom. The van der Waals surface area contributed by atoms with Gasteiger partial charge in [0, 0.05) is 25.2 Å². The Bertz CT molecular complexity index is 598. The fourth-order valence-corrected chi connectivity index (χ4v) is 3.25. The third-order valence-electron chi connectivity index (χ3n) is 4.94. The van der Waals surface area contributed by atoms with Crippen LogP contribution in [0, 0.1) is 11.8 Å². The van der Waals surface area contributed by atoms with Gasteiger partial charge < -0.3 is 15.0 Å². The van der Waals surface area contributed by atoms with Gasteiger partial charge in [-0.25, -0.2) is 0 Å². The van der Waals surface area contributed by atoms with Crippen LogP contribution in [-0.2, 0) is 16.0 Å². The lowest BCUT2D eigenvalue weighted by atomic mass is 9.96. The molecule has 1 N–H and O–H groups in total. The number of methoxy groups -OCH3 is 1. The highest BCUT2D eigenvalue weighted by molar-refractivity contribution is 5.82. The molecule has 5 heteroatoms. The van der Waals surface area contributed by atoms with Crippen LogP contribution in [-0.4, -0.2) is 43.5 Å². The second kappa shape index (κ2) is 7.69. The maximum Gasteiger partial charge on any atom is 0.227 e. The van der Waals surface area contributed by atoms with Gasteiger partial charge in [0.15, 0.2) is 0 Å². The van der Waals surface area contributed by atoms with Crippen molar-refractivity contribution in [3.8, 4) is 5.75 Å². The van der Waals surface area contributed by atoms with Gasteiger partial charge in [0.05, 0.1) is 19.4 Å². The summed E-state index contributed by atoms with van der Waals surface area (Å²) < 4.78 is 5.32. The van der Waals surface area contributed by atoms with Crippen molar-refractivity contribution >= 4 is 11.8 Å². The van der Waals surface area contributed by atoms with Gasteiger partial charge in [0.25, 0.3) is 0 Å². The minimum Gasteiger partial charge on any atom is -0.496 e.